The Morgan fingerprint density at radius 3 is 2.38 bits per heavy atom. The Hall–Kier alpha value is -1.06. The zero-order valence-corrected chi connectivity index (χ0v) is 10.2. The van der Waals surface area contributed by atoms with Gasteiger partial charge in [-0.25, -0.2) is 4.79 Å². The molecule has 1 saturated heterocycles. The third-order valence-corrected chi connectivity index (χ3v) is 3.05. The number of likely N-dealkylation sites (tertiary alicyclic amines) is 1. The number of carbonyl (C=O) groups is 2. The van der Waals surface area contributed by atoms with Crippen LogP contribution in [0.25, 0.3) is 0 Å². The predicted octanol–water partition coefficient (Wildman–Crippen LogP) is 1.59. The lowest BCUT2D eigenvalue weighted by atomic mass is 9.92. The quantitative estimate of drug-likeness (QED) is 0.543. The maximum atomic E-state index is 11.6. The van der Waals surface area contributed by atoms with Crippen molar-refractivity contribution in [3.63, 3.8) is 0 Å². The molecule has 0 unspecified atom stereocenters. The molecule has 16 heavy (non-hydrogen) atoms. The molecule has 4 heteroatoms. The van der Waals surface area contributed by atoms with Crippen LogP contribution < -0.4 is 0 Å². The molecule has 4 nitrogen and oxygen atoms in total. The number of carbonyl (C=O) groups excluding carboxylic acids is 2. The van der Waals surface area contributed by atoms with Gasteiger partial charge in [0.2, 0.25) is 0 Å². The van der Waals surface area contributed by atoms with Gasteiger partial charge < -0.3 is 9.64 Å². The van der Waals surface area contributed by atoms with Crippen LogP contribution in [0.15, 0.2) is 0 Å². The average molecular weight is 227 g/mol. The fourth-order valence-corrected chi connectivity index (χ4v) is 2.15. The van der Waals surface area contributed by atoms with Gasteiger partial charge in [0, 0.05) is 13.1 Å². The summed E-state index contributed by atoms with van der Waals surface area (Å²) in [4.78, 5) is 24.5. The Labute approximate surface area is 96.9 Å². The van der Waals surface area contributed by atoms with E-state index in [1.165, 1.54) is 12.8 Å². The molecule has 1 amide bonds. The van der Waals surface area contributed by atoms with Crippen LogP contribution in [0.1, 0.15) is 39.5 Å². The van der Waals surface area contributed by atoms with E-state index in [-0.39, 0.29) is 6.61 Å². The smallest absolute Gasteiger partial charge is 0.397 e. The van der Waals surface area contributed by atoms with Crippen molar-refractivity contribution in [2.75, 3.05) is 19.7 Å². The molecule has 0 aromatic rings. The molecule has 92 valence electrons. The highest BCUT2D eigenvalue weighted by Gasteiger charge is 2.27. The van der Waals surface area contributed by atoms with Gasteiger partial charge in [0.05, 0.1) is 6.61 Å². The van der Waals surface area contributed by atoms with E-state index in [1.54, 1.807) is 11.8 Å². The molecule has 0 saturated carbocycles. The van der Waals surface area contributed by atoms with E-state index >= 15 is 0 Å². The van der Waals surface area contributed by atoms with Crippen molar-refractivity contribution in [1.29, 1.82) is 0 Å². The van der Waals surface area contributed by atoms with Gasteiger partial charge in [-0.05, 0) is 25.7 Å². The zero-order chi connectivity index (χ0) is 12.0. The van der Waals surface area contributed by atoms with Crippen molar-refractivity contribution in [2.24, 2.45) is 5.92 Å². The molecule has 0 bridgehead atoms. The van der Waals surface area contributed by atoms with Gasteiger partial charge in [-0.15, -0.1) is 0 Å². The molecule has 1 aliphatic heterocycles. The van der Waals surface area contributed by atoms with Crippen LogP contribution in [0.2, 0.25) is 0 Å². The Kier molecular flexibility index (Phi) is 5.29. The van der Waals surface area contributed by atoms with E-state index in [1.807, 2.05) is 0 Å². The topological polar surface area (TPSA) is 46.6 Å². The van der Waals surface area contributed by atoms with Crippen molar-refractivity contribution in [2.45, 2.75) is 39.5 Å². The highest BCUT2D eigenvalue weighted by molar-refractivity contribution is 6.32. The van der Waals surface area contributed by atoms with E-state index in [2.05, 4.69) is 6.92 Å². The summed E-state index contributed by atoms with van der Waals surface area (Å²) in [5, 5.41) is 0. The minimum atomic E-state index is -0.712. The second-order valence-electron chi connectivity index (χ2n) is 4.24. The molecular weight excluding hydrogens is 206 g/mol. The lowest BCUT2D eigenvalue weighted by Crippen LogP contribution is -2.42. The molecule has 0 spiro atoms. The lowest BCUT2D eigenvalue weighted by molar-refractivity contribution is -0.160. The molecule has 0 N–H and O–H groups in total. The average Bonchev–Trinajstić information content (AvgIpc) is 2.30. The monoisotopic (exact) mass is 227 g/mol. The van der Waals surface area contributed by atoms with Crippen LogP contribution in [0.5, 0.6) is 0 Å². The van der Waals surface area contributed by atoms with Crippen LogP contribution >= 0.6 is 0 Å². The van der Waals surface area contributed by atoms with Gasteiger partial charge in [0.1, 0.15) is 0 Å². The minimum Gasteiger partial charge on any atom is -0.459 e. The second-order valence-corrected chi connectivity index (χ2v) is 4.24. The van der Waals surface area contributed by atoms with Gasteiger partial charge in [-0.1, -0.05) is 19.8 Å². The Bertz CT molecular complexity index is 245. The van der Waals surface area contributed by atoms with Crippen LogP contribution in [-0.2, 0) is 14.3 Å². The van der Waals surface area contributed by atoms with Gasteiger partial charge in [0.15, 0.2) is 0 Å². The summed E-state index contributed by atoms with van der Waals surface area (Å²) in [6.45, 7) is 5.54. The molecule has 1 rings (SSSR count). The highest BCUT2D eigenvalue weighted by Crippen LogP contribution is 2.21. The molecule has 0 radical (unpaired) electrons. The maximum Gasteiger partial charge on any atom is 0.397 e. The normalized spacial score (nSPS) is 17.2. The van der Waals surface area contributed by atoms with Crippen molar-refractivity contribution < 1.29 is 14.3 Å². The van der Waals surface area contributed by atoms with Crippen molar-refractivity contribution in [3.8, 4) is 0 Å². The maximum absolute atomic E-state index is 11.6. The summed E-state index contributed by atoms with van der Waals surface area (Å²) in [5.74, 6) is -0.468. The van der Waals surface area contributed by atoms with Crippen LogP contribution in [0.4, 0.5) is 0 Å². The van der Waals surface area contributed by atoms with Crippen molar-refractivity contribution in [3.05, 3.63) is 0 Å². The summed E-state index contributed by atoms with van der Waals surface area (Å²) in [7, 11) is 0. The van der Waals surface area contributed by atoms with E-state index < -0.39 is 11.9 Å². The fourth-order valence-electron chi connectivity index (χ4n) is 2.15. The third-order valence-electron chi connectivity index (χ3n) is 3.05. The van der Waals surface area contributed by atoms with Crippen molar-refractivity contribution in [1.82, 2.24) is 4.90 Å². The summed E-state index contributed by atoms with van der Waals surface area (Å²) in [6, 6.07) is 0. The van der Waals surface area contributed by atoms with Gasteiger partial charge >= 0.3 is 11.9 Å². The zero-order valence-electron chi connectivity index (χ0n) is 10.2. The molecule has 0 atom stereocenters. The number of hydrogen-bond donors (Lipinski definition) is 0. The number of nitrogens with zero attached hydrogens (tertiary/aromatic N) is 1. The molecule has 1 fully saturated rings. The molecule has 1 heterocycles. The third kappa shape index (κ3) is 3.51. The largest absolute Gasteiger partial charge is 0.459 e. The summed E-state index contributed by atoms with van der Waals surface area (Å²) in [5.41, 5.74) is 0. The summed E-state index contributed by atoms with van der Waals surface area (Å²) >= 11 is 0. The molecule has 0 aromatic heterocycles. The first-order valence-corrected chi connectivity index (χ1v) is 6.15. The lowest BCUT2D eigenvalue weighted by Gasteiger charge is -2.31. The first kappa shape index (κ1) is 13.0. The Morgan fingerprint density at radius 1 is 1.25 bits per heavy atom. The van der Waals surface area contributed by atoms with Crippen LogP contribution in [0.3, 0.4) is 0 Å². The predicted molar refractivity (Wildman–Crippen MR) is 60.8 cm³/mol. The number of esters is 1. The van der Waals surface area contributed by atoms with Gasteiger partial charge in [-0.2, -0.15) is 0 Å². The van der Waals surface area contributed by atoms with E-state index in [0.717, 1.165) is 18.8 Å². The highest BCUT2D eigenvalue weighted by atomic mass is 16.5. The first-order chi connectivity index (χ1) is 7.69. The van der Waals surface area contributed by atoms with Crippen molar-refractivity contribution >= 4 is 11.9 Å². The summed E-state index contributed by atoms with van der Waals surface area (Å²) in [6.07, 6.45) is 4.44. The van der Waals surface area contributed by atoms with E-state index in [9.17, 15) is 9.59 Å². The Balaban J connectivity index is 2.35. The second kappa shape index (κ2) is 6.51. The standard InChI is InChI=1S/C12H21NO3/c1-3-5-10-6-8-13(9-7-10)11(14)12(15)16-4-2/h10H,3-9H2,1-2H3. The number of piperidine rings is 1. The van der Waals surface area contributed by atoms with Crippen LogP contribution in [-0.4, -0.2) is 36.5 Å². The number of amides is 1. The molecule has 0 aromatic carbocycles. The van der Waals surface area contributed by atoms with Gasteiger partial charge in [-0.3, -0.25) is 4.79 Å². The van der Waals surface area contributed by atoms with Gasteiger partial charge in [0.25, 0.3) is 0 Å². The minimum absolute atomic E-state index is 0.261. The number of rotatable bonds is 3. The number of ether oxygens (including phenoxy) is 1. The Morgan fingerprint density at radius 2 is 1.88 bits per heavy atom. The fraction of sp³-hybridized carbons (Fsp3) is 0.833. The molecular formula is C12H21NO3. The summed E-state index contributed by atoms with van der Waals surface area (Å²) < 4.78 is 4.70. The first-order valence-electron chi connectivity index (χ1n) is 6.15. The molecule has 0 aliphatic carbocycles. The van der Waals surface area contributed by atoms with E-state index in [4.69, 9.17) is 4.74 Å². The SMILES string of the molecule is CCCC1CCN(C(=O)C(=O)OCC)CC1. The number of hydrogen-bond acceptors (Lipinski definition) is 3. The van der Waals surface area contributed by atoms with E-state index in [0.29, 0.717) is 13.1 Å². The molecule has 1 aliphatic rings. The van der Waals surface area contributed by atoms with Crippen LogP contribution in [0, 0.1) is 5.92 Å².